The van der Waals surface area contributed by atoms with Crippen LogP contribution in [0, 0.1) is 0 Å². The van der Waals surface area contributed by atoms with Crippen molar-refractivity contribution in [3.8, 4) is 0 Å². The first-order chi connectivity index (χ1) is 9.54. The molecule has 0 aliphatic heterocycles. The third kappa shape index (κ3) is 3.63. The Labute approximate surface area is 125 Å². The third-order valence-corrected chi connectivity index (χ3v) is 4.13. The number of amides is 1. The molecule has 2 N–H and O–H groups in total. The lowest BCUT2D eigenvalue weighted by Gasteiger charge is -2.34. The van der Waals surface area contributed by atoms with Crippen molar-refractivity contribution < 1.29 is 4.79 Å². The van der Waals surface area contributed by atoms with E-state index < -0.39 is 0 Å². The summed E-state index contributed by atoms with van der Waals surface area (Å²) < 4.78 is 0. The van der Waals surface area contributed by atoms with Gasteiger partial charge in [0.25, 0.3) is 5.91 Å². The molecule has 0 spiro atoms. The highest BCUT2D eigenvalue weighted by Gasteiger charge is 2.29. The Morgan fingerprint density at radius 3 is 2.75 bits per heavy atom. The first kappa shape index (κ1) is 15.1. The number of hydrogen-bond donors (Lipinski definition) is 2. The molecular weight excluding hydrogens is 274 g/mol. The molecule has 110 valence electrons. The van der Waals surface area contributed by atoms with E-state index in [2.05, 4.69) is 22.5 Å². The van der Waals surface area contributed by atoms with E-state index >= 15 is 0 Å². The second-order valence-electron chi connectivity index (χ2n) is 5.66. The predicted octanol–water partition coefficient (Wildman–Crippen LogP) is 3.62. The lowest BCUT2D eigenvalue weighted by molar-refractivity contribution is 0.0883. The standard InChI is InChI=1S/C15H22ClN3O/c1-3-17-13-9-11(12(16)10-18-13)14(20)19-15(2)7-5-4-6-8-15/h9-10H,3-8H2,1-2H3,(H,17,18)(H,19,20). The summed E-state index contributed by atoms with van der Waals surface area (Å²) in [6.45, 7) is 4.86. The van der Waals surface area contributed by atoms with Crippen molar-refractivity contribution in [2.24, 2.45) is 0 Å². The zero-order valence-electron chi connectivity index (χ0n) is 12.1. The summed E-state index contributed by atoms with van der Waals surface area (Å²) in [5.74, 6) is 0.566. The van der Waals surface area contributed by atoms with Crippen molar-refractivity contribution in [1.29, 1.82) is 0 Å². The molecule has 1 saturated carbocycles. The largest absolute Gasteiger partial charge is 0.370 e. The van der Waals surface area contributed by atoms with Gasteiger partial charge in [-0.2, -0.15) is 0 Å². The molecule has 4 nitrogen and oxygen atoms in total. The molecule has 20 heavy (non-hydrogen) atoms. The van der Waals surface area contributed by atoms with Gasteiger partial charge in [-0.3, -0.25) is 4.79 Å². The molecule has 1 aliphatic rings. The minimum atomic E-state index is -0.111. The van der Waals surface area contributed by atoms with Crippen LogP contribution in [0.15, 0.2) is 12.3 Å². The average molecular weight is 296 g/mol. The van der Waals surface area contributed by atoms with Crippen LogP contribution >= 0.6 is 11.6 Å². The van der Waals surface area contributed by atoms with Gasteiger partial charge in [0.05, 0.1) is 10.6 Å². The summed E-state index contributed by atoms with van der Waals surface area (Å²) in [6.07, 6.45) is 7.18. The Morgan fingerprint density at radius 1 is 1.40 bits per heavy atom. The molecule has 0 bridgehead atoms. The van der Waals surface area contributed by atoms with Gasteiger partial charge in [0.1, 0.15) is 5.82 Å². The van der Waals surface area contributed by atoms with E-state index in [0.29, 0.717) is 16.4 Å². The summed E-state index contributed by atoms with van der Waals surface area (Å²) in [4.78, 5) is 16.6. The maximum Gasteiger partial charge on any atom is 0.253 e. The van der Waals surface area contributed by atoms with Gasteiger partial charge < -0.3 is 10.6 Å². The topological polar surface area (TPSA) is 54.0 Å². The molecule has 5 heteroatoms. The number of nitrogens with one attached hydrogen (secondary N) is 2. The van der Waals surface area contributed by atoms with Crippen LogP contribution in [0.1, 0.15) is 56.3 Å². The molecule has 1 aliphatic carbocycles. The summed E-state index contributed by atoms with van der Waals surface area (Å²) in [6, 6.07) is 1.72. The Hall–Kier alpha value is -1.29. The van der Waals surface area contributed by atoms with Crippen LogP contribution in [0.5, 0.6) is 0 Å². The number of pyridine rings is 1. The minimum Gasteiger partial charge on any atom is -0.370 e. The van der Waals surface area contributed by atoms with Gasteiger partial charge in [0.15, 0.2) is 0 Å². The van der Waals surface area contributed by atoms with E-state index in [1.807, 2.05) is 6.92 Å². The van der Waals surface area contributed by atoms with Gasteiger partial charge in [0.2, 0.25) is 0 Å². The minimum absolute atomic E-state index is 0.110. The fraction of sp³-hybridized carbons (Fsp3) is 0.600. The highest BCUT2D eigenvalue weighted by atomic mass is 35.5. The number of carbonyl (C=O) groups is 1. The second kappa shape index (κ2) is 6.44. The quantitative estimate of drug-likeness (QED) is 0.892. The highest BCUT2D eigenvalue weighted by molar-refractivity contribution is 6.33. The number of carbonyl (C=O) groups excluding carboxylic acids is 1. The lowest BCUT2D eigenvalue weighted by Crippen LogP contribution is -2.47. The lowest BCUT2D eigenvalue weighted by atomic mass is 9.83. The van der Waals surface area contributed by atoms with Gasteiger partial charge in [0, 0.05) is 18.3 Å². The normalized spacial score (nSPS) is 17.6. The van der Waals surface area contributed by atoms with E-state index in [9.17, 15) is 4.79 Å². The van der Waals surface area contributed by atoms with Crippen LogP contribution < -0.4 is 10.6 Å². The Balaban J connectivity index is 2.13. The van der Waals surface area contributed by atoms with Gasteiger partial charge in [-0.1, -0.05) is 30.9 Å². The molecule has 0 atom stereocenters. The second-order valence-corrected chi connectivity index (χ2v) is 6.06. The smallest absolute Gasteiger partial charge is 0.253 e. The first-order valence-electron chi connectivity index (χ1n) is 7.26. The van der Waals surface area contributed by atoms with Gasteiger partial charge >= 0.3 is 0 Å². The number of halogens is 1. The zero-order valence-corrected chi connectivity index (χ0v) is 12.9. The zero-order chi connectivity index (χ0) is 14.6. The molecule has 0 saturated heterocycles. The summed E-state index contributed by atoms with van der Waals surface area (Å²) in [5.41, 5.74) is 0.379. The summed E-state index contributed by atoms with van der Waals surface area (Å²) in [5, 5.41) is 6.63. The third-order valence-electron chi connectivity index (χ3n) is 3.83. The van der Waals surface area contributed by atoms with Crippen LogP contribution in [0.2, 0.25) is 5.02 Å². The SMILES string of the molecule is CCNc1cc(C(=O)NC2(C)CCCCC2)c(Cl)cn1. The fourth-order valence-corrected chi connectivity index (χ4v) is 2.88. The molecule has 1 fully saturated rings. The molecule has 0 unspecified atom stereocenters. The van der Waals surface area contributed by atoms with E-state index in [1.165, 1.54) is 25.5 Å². The predicted molar refractivity (Wildman–Crippen MR) is 82.4 cm³/mol. The van der Waals surface area contributed by atoms with Gasteiger partial charge in [-0.05, 0) is 32.8 Å². The van der Waals surface area contributed by atoms with Crippen molar-refractivity contribution in [2.45, 2.75) is 51.5 Å². The van der Waals surface area contributed by atoms with Crippen LogP contribution in [0.4, 0.5) is 5.82 Å². The number of nitrogens with zero attached hydrogens (tertiary/aromatic N) is 1. The Kier molecular flexibility index (Phi) is 4.86. The summed E-state index contributed by atoms with van der Waals surface area (Å²) >= 11 is 6.10. The Morgan fingerprint density at radius 2 is 2.10 bits per heavy atom. The molecule has 2 rings (SSSR count). The maximum absolute atomic E-state index is 12.4. The molecule has 1 amide bonds. The summed E-state index contributed by atoms with van der Waals surface area (Å²) in [7, 11) is 0. The van der Waals surface area contributed by atoms with E-state index in [0.717, 1.165) is 19.4 Å². The van der Waals surface area contributed by atoms with Crippen LogP contribution in [-0.2, 0) is 0 Å². The first-order valence-corrected chi connectivity index (χ1v) is 7.64. The van der Waals surface area contributed by atoms with E-state index in [4.69, 9.17) is 11.6 Å². The molecule has 0 radical (unpaired) electrons. The van der Waals surface area contributed by atoms with E-state index in [1.54, 1.807) is 6.07 Å². The molecule has 1 aromatic rings. The van der Waals surface area contributed by atoms with E-state index in [-0.39, 0.29) is 11.4 Å². The Bertz CT molecular complexity index is 484. The van der Waals surface area contributed by atoms with Gasteiger partial charge in [-0.25, -0.2) is 4.98 Å². The van der Waals surface area contributed by atoms with Crippen LogP contribution in [0.3, 0.4) is 0 Å². The highest BCUT2D eigenvalue weighted by Crippen LogP contribution is 2.28. The van der Waals surface area contributed by atoms with Crippen LogP contribution in [-0.4, -0.2) is 23.0 Å². The fourth-order valence-electron chi connectivity index (χ4n) is 2.69. The number of aromatic nitrogens is 1. The van der Waals surface area contributed by atoms with Crippen molar-refractivity contribution in [3.63, 3.8) is 0 Å². The average Bonchev–Trinajstić information content (AvgIpc) is 2.41. The molecule has 0 aromatic carbocycles. The molecular formula is C15H22ClN3O. The van der Waals surface area contributed by atoms with Crippen molar-refractivity contribution in [3.05, 3.63) is 22.8 Å². The molecule has 1 heterocycles. The van der Waals surface area contributed by atoms with Crippen molar-refractivity contribution in [2.75, 3.05) is 11.9 Å². The van der Waals surface area contributed by atoms with Crippen molar-refractivity contribution >= 4 is 23.3 Å². The maximum atomic E-state index is 12.4. The number of hydrogen-bond acceptors (Lipinski definition) is 3. The molecule has 1 aromatic heterocycles. The monoisotopic (exact) mass is 295 g/mol. The van der Waals surface area contributed by atoms with Crippen molar-refractivity contribution in [1.82, 2.24) is 10.3 Å². The number of anilines is 1. The van der Waals surface area contributed by atoms with Crippen LogP contribution in [0.25, 0.3) is 0 Å². The number of rotatable bonds is 4. The van der Waals surface area contributed by atoms with Gasteiger partial charge in [-0.15, -0.1) is 0 Å².